The number of ether oxygens (including phenoxy) is 1. The molecule has 0 aliphatic heterocycles. The predicted molar refractivity (Wildman–Crippen MR) is 108 cm³/mol. The van der Waals surface area contributed by atoms with Crippen molar-refractivity contribution in [3.8, 4) is 5.75 Å². The van der Waals surface area contributed by atoms with Gasteiger partial charge < -0.3 is 15.4 Å². The Morgan fingerprint density at radius 1 is 1.11 bits per heavy atom. The van der Waals surface area contributed by atoms with E-state index in [-0.39, 0.29) is 18.4 Å². The maximum absolute atomic E-state index is 12.2. The highest BCUT2D eigenvalue weighted by molar-refractivity contribution is 5.97. The summed E-state index contributed by atoms with van der Waals surface area (Å²) >= 11 is 0. The molecule has 0 fully saturated rings. The van der Waals surface area contributed by atoms with Crippen molar-refractivity contribution in [1.82, 2.24) is 5.32 Å². The van der Waals surface area contributed by atoms with Crippen LogP contribution in [0.25, 0.3) is 0 Å². The number of nitrogens with one attached hydrogen (secondary N) is 2. The van der Waals surface area contributed by atoms with E-state index in [1.54, 1.807) is 24.3 Å². The maximum Gasteiger partial charge on any atom is 0.262 e. The molecular formula is C22H28N2O3. The molecule has 0 bridgehead atoms. The van der Waals surface area contributed by atoms with Gasteiger partial charge in [-0.15, -0.1) is 0 Å². The fourth-order valence-electron chi connectivity index (χ4n) is 2.81. The van der Waals surface area contributed by atoms with Gasteiger partial charge in [-0.1, -0.05) is 32.9 Å². The number of rotatable bonds is 8. The van der Waals surface area contributed by atoms with Gasteiger partial charge in [0.1, 0.15) is 5.75 Å². The minimum Gasteiger partial charge on any atom is -0.484 e. The third-order valence-electron chi connectivity index (χ3n) is 4.18. The van der Waals surface area contributed by atoms with Crippen molar-refractivity contribution in [2.75, 3.05) is 18.5 Å². The van der Waals surface area contributed by atoms with Crippen LogP contribution in [0.15, 0.2) is 42.5 Å². The van der Waals surface area contributed by atoms with E-state index in [2.05, 4.69) is 24.5 Å². The first-order valence-corrected chi connectivity index (χ1v) is 9.32. The van der Waals surface area contributed by atoms with Gasteiger partial charge in [-0.2, -0.15) is 0 Å². The van der Waals surface area contributed by atoms with Crippen LogP contribution >= 0.6 is 0 Å². The molecule has 0 aromatic heterocycles. The second kappa shape index (κ2) is 9.76. The molecular weight excluding hydrogens is 340 g/mol. The van der Waals surface area contributed by atoms with Crippen LogP contribution in [-0.4, -0.2) is 25.0 Å². The number of hydrogen-bond donors (Lipinski definition) is 2. The minimum atomic E-state index is -0.272. The van der Waals surface area contributed by atoms with Crippen molar-refractivity contribution in [3.63, 3.8) is 0 Å². The molecule has 0 unspecified atom stereocenters. The lowest BCUT2D eigenvalue weighted by Gasteiger charge is -2.13. The van der Waals surface area contributed by atoms with E-state index in [9.17, 15) is 9.59 Å². The molecule has 5 heteroatoms. The van der Waals surface area contributed by atoms with Gasteiger partial charge in [0, 0.05) is 17.8 Å². The van der Waals surface area contributed by atoms with Crippen LogP contribution < -0.4 is 15.4 Å². The zero-order valence-corrected chi connectivity index (χ0v) is 16.5. The highest BCUT2D eigenvalue weighted by Gasteiger charge is 2.09. The molecule has 2 amide bonds. The van der Waals surface area contributed by atoms with Crippen LogP contribution in [0.1, 0.15) is 54.6 Å². The summed E-state index contributed by atoms with van der Waals surface area (Å²) in [5.41, 5.74) is 3.50. The molecule has 5 nitrogen and oxygen atoms in total. The molecule has 0 aliphatic rings. The van der Waals surface area contributed by atoms with Crippen LogP contribution in [0.5, 0.6) is 5.75 Å². The highest BCUT2D eigenvalue weighted by Crippen LogP contribution is 2.23. The maximum atomic E-state index is 12.2. The molecule has 2 aromatic carbocycles. The second-order valence-electron chi connectivity index (χ2n) is 6.85. The first-order valence-electron chi connectivity index (χ1n) is 9.32. The van der Waals surface area contributed by atoms with Gasteiger partial charge in [-0.05, 0) is 60.7 Å². The average molecular weight is 368 g/mol. The number of carbonyl (C=O) groups excluding carboxylic acids is 2. The Balaban J connectivity index is 1.92. The Hall–Kier alpha value is -2.82. The van der Waals surface area contributed by atoms with Crippen LogP contribution in [0.4, 0.5) is 5.69 Å². The lowest BCUT2D eigenvalue weighted by Crippen LogP contribution is -2.24. The number of aryl methyl sites for hydroxylation is 1. The van der Waals surface area contributed by atoms with Crippen molar-refractivity contribution in [2.45, 2.75) is 40.0 Å². The number of carbonyl (C=O) groups is 2. The summed E-state index contributed by atoms with van der Waals surface area (Å²) in [5.74, 6) is 0.695. The van der Waals surface area contributed by atoms with Gasteiger partial charge in [-0.3, -0.25) is 9.59 Å². The van der Waals surface area contributed by atoms with Crippen molar-refractivity contribution in [1.29, 1.82) is 0 Å². The normalized spacial score (nSPS) is 10.6. The molecule has 2 rings (SSSR count). The van der Waals surface area contributed by atoms with Crippen molar-refractivity contribution < 1.29 is 14.3 Å². The molecule has 0 atom stereocenters. The lowest BCUT2D eigenvalue weighted by atomic mass is 9.98. The zero-order valence-electron chi connectivity index (χ0n) is 16.5. The van der Waals surface area contributed by atoms with Crippen molar-refractivity contribution in [3.05, 3.63) is 59.2 Å². The Morgan fingerprint density at radius 3 is 2.56 bits per heavy atom. The summed E-state index contributed by atoms with van der Waals surface area (Å²) in [6.45, 7) is 8.86. The van der Waals surface area contributed by atoms with Gasteiger partial charge in [0.2, 0.25) is 0 Å². The number of amides is 2. The number of benzene rings is 2. The van der Waals surface area contributed by atoms with Crippen LogP contribution in [-0.2, 0) is 4.79 Å². The van der Waals surface area contributed by atoms with E-state index in [1.165, 1.54) is 5.56 Å². The topological polar surface area (TPSA) is 67.4 Å². The van der Waals surface area contributed by atoms with E-state index in [0.717, 1.165) is 12.0 Å². The second-order valence-corrected chi connectivity index (χ2v) is 6.85. The van der Waals surface area contributed by atoms with Gasteiger partial charge in [0.05, 0.1) is 0 Å². The molecule has 0 aliphatic carbocycles. The van der Waals surface area contributed by atoms with Crippen molar-refractivity contribution >= 4 is 17.5 Å². The van der Waals surface area contributed by atoms with Gasteiger partial charge in [0.15, 0.2) is 6.61 Å². The molecule has 2 aromatic rings. The summed E-state index contributed by atoms with van der Waals surface area (Å²) < 4.78 is 5.60. The molecule has 0 spiro atoms. The monoisotopic (exact) mass is 368 g/mol. The van der Waals surface area contributed by atoms with E-state index < -0.39 is 0 Å². The first-order chi connectivity index (χ1) is 12.9. The molecule has 0 heterocycles. The van der Waals surface area contributed by atoms with Gasteiger partial charge >= 0.3 is 0 Å². The highest BCUT2D eigenvalue weighted by atomic mass is 16.5. The zero-order chi connectivity index (χ0) is 19.8. The fourth-order valence-corrected chi connectivity index (χ4v) is 2.81. The van der Waals surface area contributed by atoms with E-state index >= 15 is 0 Å². The smallest absolute Gasteiger partial charge is 0.262 e. The van der Waals surface area contributed by atoms with Crippen LogP contribution in [0.3, 0.4) is 0 Å². The molecule has 0 radical (unpaired) electrons. The molecule has 144 valence electrons. The van der Waals surface area contributed by atoms with Crippen molar-refractivity contribution in [2.24, 2.45) is 0 Å². The first kappa shape index (κ1) is 20.5. The minimum absolute atomic E-state index is 0.0906. The number of anilines is 1. The van der Waals surface area contributed by atoms with E-state index in [4.69, 9.17) is 4.74 Å². The summed E-state index contributed by atoms with van der Waals surface area (Å²) in [6, 6.07) is 12.7. The molecule has 27 heavy (non-hydrogen) atoms. The van der Waals surface area contributed by atoms with Gasteiger partial charge in [-0.25, -0.2) is 0 Å². The average Bonchev–Trinajstić information content (AvgIpc) is 2.64. The Bertz CT molecular complexity index is 800. The predicted octanol–water partition coefficient (Wildman–Crippen LogP) is 4.28. The lowest BCUT2D eigenvalue weighted by molar-refractivity contribution is -0.118. The standard InChI is InChI=1S/C22H28N2O3/c1-5-11-23-22(26)17-7-6-8-18(13-17)24-21(25)14-27-19-9-10-20(15(2)3)16(4)12-19/h6-10,12-13,15H,5,11,14H2,1-4H3,(H,23,26)(H,24,25). The summed E-state index contributed by atoms with van der Waals surface area (Å²) in [6.07, 6.45) is 0.872. The summed E-state index contributed by atoms with van der Waals surface area (Å²) in [5, 5.41) is 5.58. The summed E-state index contributed by atoms with van der Waals surface area (Å²) in [4.78, 5) is 24.2. The summed E-state index contributed by atoms with van der Waals surface area (Å²) in [7, 11) is 0. The quantitative estimate of drug-likeness (QED) is 0.731. The van der Waals surface area contributed by atoms with E-state index in [1.807, 2.05) is 32.0 Å². The van der Waals surface area contributed by atoms with Crippen LogP contribution in [0.2, 0.25) is 0 Å². The Labute approximate surface area is 161 Å². The molecule has 0 saturated heterocycles. The molecule has 2 N–H and O–H groups in total. The molecule has 0 saturated carbocycles. The largest absolute Gasteiger partial charge is 0.484 e. The third-order valence-corrected chi connectivity index (χ3v) is 4.18. The third kappa shape index (κ3) is 6.13. The number of hydrogen-bond acceptors (Lipinski definition) is 3. The SMILES string of the molecule is CCCNC(=O)c1cccc(NC(=O)COc2ccc(C(C)C)c(C)c2)c1. The Kier molecular flexibility index (Phi) is 7.41. The van der Waals surface area contributed by atoms with Gasteiger partial charge in [0.25, 0.3) is 11.8 Å². The van der Waals surface area contributed by atoms with E-state index in [0.29, 0.717) is 29.5 Å². The Morgan fingerprint density at radius 2 is 1.89 bits per heavy atom. The van der Waals surface area contributed by atoms with Crippen LogP contribution in [0, 0.1) is 6.92 Å². The fraction of sp³-hybridized carbons (Fsp3) is 0.364.